The number of benzene rings is 2. The minimum Gasteiger partial charge on any atom is -0.508 e. The van der Waals surface area contributed by atoms with Crippen molar-refractivity contribution < 1.29 is 24.6 Å². The molecule has 3 amide bonds. The SMILES string of the molecule is Cc1c(O)cccc1C(=O)N[C@@H](Cc1ccccc1)[C@H](O)C(=O)N1CSC(C)(C)[C@H]1C(=O)NCc1ccsc1. The zero-order valence-corrected chi connectivity index (χ0v) is 23.7. The van der Waals surface area contributed by atoms with Crippen LogP contribution in [0.1, 0.15) is 40.9 Å². The molecule has 3 aromatic rings. The van der Waals surface area contributed by atoms with Crippen LogP contribution in [0.2, 0.25) is 0 Å². The molecule has 1 fully saturated rings. The van der Waals surface area contributed by atoms with E-state index in [1.807, 2.05) is 61.0 Å². The fraction of sp³-hybridized carbons (Fsp3) is 0.345. The van der Waals surface area contributed by atoms with E-state index in [0.29, 0.717) is 12.1 Å². The third kappa shape index (κ3) is 6.63. The minimum atomic E-state index is -1.60. The molecule has 4 rings (SSSR count). The molecule has 8 nitrogen and oxygen atoms in total. The van der Waals surface area contributed by atoms with Crippen molar-refractivity contribution in [2.45, 2.75) is 56.7 Å². The highest BCUT2D eigenvalue weighted by Gasteiger charge is 2.49. The quantitative estimate of drug-likeness (QED) is 0.315. The molecule has 0 bridgehead atoms. The molecule has 0 radical (unpaired) electrons. The van der Waals surface area contributed by atoms with E-state index in [0.717, 1.165) is 11.1 Å². The van der Waals surface area contributed by atoms with Crippen LogP contribution in [0.4, 0.5) is 0 Å². The number of hydrogen-bond donors (Lipinski definition) is 4. The Kier molecular flexibility index (Phi) is 8.99. The summed E-state index contributed by atoms with van der Waals surface area (Å²) in [5.41, 5.74) is 2.44. The van der Waals surface area contributed by atoms with E-state index < -0.39 is 34.7 Å². The molecular formula is C29H33N3O5S2. The van der Waals surface area contributed by atoms with Crippen molar-refractivity contribution in [3.8, 4) is 5.75 Å². The number of thiophene rings is 1. The van der Waals surface area contributed by atoms with Crippen LogP contribution < -0.4 is 10.6 Å². The molecule has 10 heteroatoms. The maximum atomic E-state index is 13.7. The molecule has 3 atom stereocenters. The molecule has 4 N–H and O–H groups in total. The molecule has 2 aromatic carbocycles. The molecule has 1 saturated heterocycles. The summed E-state index contributed by atoms with van der Waals surface area (Å²) in [4.78, 5) is 41.7. The predicted molar refractivity (Wildman–Crippen MR) is 154 cm³/mol. The number of aromatic hydroxyl groups is 1. The standard InChI is InChI=1S/C29H33N3O5S2/c1-18-21(10-7-11-23(18)33)26(35)31-22(14-19-8-5-4-6-9-19)24(34)28(37)32-17-39-29(2,3)25(32)27(36)30-15-20-12-13-38-16-20/h4-13,16,22,24-25,33-34H,14-15,17H2,1-3H3,(H,30,36)(H,31,35)/t22-,24-,25+/m0/s1. The van der Waals surface area contributed by atoms with E-state index in [9.17, 15) is 24.6 Å². The summed E-state index contributed by atoms with van der Waals surface area (Å²) >= 11 is 3.00. The van der Waals surface area contributed by atoms with E-state index >= 15 is 0 Å². The lowest BCUT2D eigenvalue weighted by Crippen LogP contribution is -2.58. The van der Waals surface area contributed by atoms with Gasteiger partial charge < -0.3 is 25.7 Å². The number of aliphatic hydroxyl groups excluding tert-OH is 1. The van der Waals surface area contributed by atoms with Crippen LogP contribution in [0.5, 0.6) is 5.75 Å². The zero-order chi connectivity index (χ0) is 28.2. The van der Waals surface area contributed by atoms with Crippen LogP contribution in [0.25, 0.3) is 0 Å². The number of aliphatic hydroxyl groups is 1. The number of thioether (sulfide) groups is 1. The molecule has 0 aliphatic carbocycles. The second kappa shape index (κ2) is 12.2. The molecule has 0 spiro atoms. The number of hydrogen-bond acceptors (Lipinski definition) is 7. The normalized spacial score (nSPS) is 17.8. The summed E-state index contributed by atoms with van der Waals surface area (Å²) in [6.45, 7) is 5.78. The number of rotatable bonds is 9. The first-order valence-corrected chi connectivity index (χ1v) is 14.6. The Balaban J connectivity index is 1.56. The van der Waals surface area contributed by atoms with Crippen LogP contribution in [-0.2, 0) is 22.6 Å². The van der Waals surface area contributed by atoms with Crippen molar-refractivity contribution >= 4 is 40.8 Å². The van der Waals surface area contributed by atoms with Gasteiger partial charge in [0, 0.05) is 22.4 Å². The fourth-order valence-corrected chi connectivity index (χ4v) is 6.47. The Bertz CT molecular complexity index is 1310. The van der Waals surface area contributed by atoms with Crippen molar-refractivity contribution in [3.63, 3.8) is 0 Å². The summed E-state index contributed by atoms with van der Waals surface area (Å²) in [6, 6.07) is 14.0. The first kappa shape index (κ1) is 28.7. The van der Waals surface area contributed by atoms with Gasteiger partial charge in [-0.15, -0.1) is 11.8 Å². The third-order valence-corrected chi connectivity index (χ3v) is 9.03. The average molecular weight is 568 g/mol. The Morgan fingerprint density at radius 2 is 1.82 bits per heavy atom. The highest BCUT2D eigenvalue weighted by molar-refractivity contribution is 8.00. The molecule has 0 saturated carbocycles. The summed E-state index contributed by atoms with van der Waals surface area (Å²) in [5, 5.41) is 31.1. The third-order valence-electron chi connectivity index (χ3n) is 6.92. The number of nitrogens with one attached hydrogen (secondary N) is 2. The first-order valence-electron chi connectivity index (χ1n) is 12.6. The van der Waals surface area contributed by atoms with Gasteiger partial charge in [-0.3, -0.25) is 14.4 Å². The van der Waals surface area contributed by atoms with Crippen LogP contribution in [0.15, 0.2) is 65.4 Å². The maximum Gasteiger partial charge on any atom is 0.254 e. The highest BCUT2D eigenvalue weighted by atomic mass is 32.2. The van der Waals surface area contributed by atoms with Crippen LogP contribution in [0, 0.1) is 6.92 Å². The van der Waals surface area contributed by atoms with E-state index in [-0.39, 0.29) is 29.5 Å². The summed E-state index contributed by atoms with van der Waals surface area (Å²) in [7, 11) is 0. The van der Waals surface area contributed by atoms with Gasteiger partial charge in [-0.2, -0.15) is 11.3 Å². The second-order valence-corrected chi connectivity index (χ2v) is 12.5. The second-order valence-electron chi connectivity index (χ2n) is 10.1. The van der Waals surface area contributed by atoms with Crippen molar-refractivity contribution in [1.29, 1.82) is 0 Å². The van der Waals surface area contributed by atoms with Crippen molar-refractivity contribution in [2.24, 2.45) is 0 Å². The van der Waals surface area contributed by atoms with Gasteiger partial charge in [0.25, 0.3) is 11.8 Å². The zero-order valence-electron chi connectivity index (χ0n) is 22.1. The van der Waals surface area contributed by atoms with E-state index in [1.54, 1.807) is 19.1 Å². The van der Waals surface area contributed by atoms with Gasteiger partial charge in [0.15, 0.2) is 6.10 Å². The van der Waals surface area contributed by atoms with Gasteiger partial charge in [-0.05, 0) is 67.3 Å². The Labute approximate surface area is 236 Å². The Morgan fingerprint density at radius 1 is 1.08 bits per heavy atom. The van der Waals surface area contributed by atoms with Crippen molar-refractivity contribution in [2.75, 3.05) is 5.88 Å². The molecule has 2 heterocycles. The van der Waals surface area contributed by atoms with E-state index in [4.69, 9.17) is 0 Å². The topological polar surface area (TPSA) is 119 Å². The number of amides is 3. The van der Waals surface area contributed by atoms with Crippen molar-refractivity contribution in [3.05, 3.63) is 87.6 Å². The number of nitrogens with zero attached hydrogens (tertiary/aromatic N) is 1. The summed E-state index contributed by atoms with van der Waals surface area (Å²) in [6.07, 6.45) is -1.41. The van der Waals surface area contributed by atoms with Gasteiger partial charge >= 0.3 is 0 Å². The average Bonchev–Trinajstić information content (AvgIpc) is 3.55. The van der Waals surface area contributed by atoms with Gasteiger partial charge in [-0.1, -0.05) is 36.4 Å². The van der Waals surface area contributed by atoms with Crippen LogP contribution >= 0.6 is 23.1 Å². The maximum absolute atomic E-state index is 13.7. The van der Waals surface area contributed by atoms with E-state index in [1.165, 1.54) is 34.1 Å². The minimum absolute atomic E-state index is 0.0217. The number of carbonyl (C=O) groups is 3. The van der Waals surface area contributed by atoms with Crippen molar-refractivity contribution in [1.82, 2.24) is 15.5 Å². The lowest BCUT2D eigenvalue weighted by Gasteiger charge is -2.33. The lowest BCUT2D eigenvalue weighted by molar-refractivity contribution is -0.147. The molecule has 206 valence electrons. The van der Waals surface area contributed by atoms with Gasteiger partial charge in [-0.25, -0.2) is 0 Å². The monoisotopic (exact) mass is 567 g/mol. The fourth-order valence-electron chi connectivity index (χ4n) is 4.66. The molecule has 0 unspecified atom stereocenters. The number of phenols is 1. The molecular weight excluding hydrogens is 534 g/mol. The molecule has 1 aromatic heterocycles. The highest BCUT2D eigenvalue weighted by Crippen LogP contribution is 2.40. The summed E-state index contributed by atoms with van der Waals surface area (Å²) in [5.74, 6) is -1.23. The number of carbonyl (C=O) groups excluding carboxylic acids is 3. The molecule has 1 aliphatic heterocycles. The predicted octanol–water partition coefficient (Wildman–Crippen LogP) is 3.46. The van der Waals surface area contributed by atoms with Gasteiger partial charge in [0.1, 0.15) is 11.8 Å². The Hall–Kier alpha value is -3.34. The lowest BCUT2D eigenvalue weighted by atomic mass is 9.96. The van der Waals surface area contributed by atoms with E-state index in [2.05, 4.69) is 10.6 Å². The van der Waals surface area contributed by atoms with Gasteiger partial charge in [0.2, 0.25) is 5.91 Å². The number of phenolic OH excluding ortho intramolecular Hbond substituents is 1. The Morgan fingerprint density at radius 3 is 2.51 bits per heavy atom. The molecule has 39 heavy (non-hydrogen) atoms. The van der Waals surface area contributed by atoms with Gasteiger partial charge in [0.05, 0.1) is 11.9 Å². The first-order chi connectivity index (χ1) is 18.6. The smallest absolute Gasteiger partial charge is 0.254 e. The molecule has 1 aliphatic rings. The van der Waals surface area contributed by atoms with Crippen LogP contribution in [-0.4, -0.2) is 61.6 Å². The largest absolute Gasteiger partial charge is 0.508 e. The van der Waals surface area contributed by atoms with Crippen LogP contribution in [0.3, 0.4) is 0 Å². The summed E-state index contributed by atoms with van der Waals surface area (Å²) < 4.78 is -0.578.